The third kappa shape index (κ3) is 5.54. The van der Waals surface area contributed by atoms with E-state index in [1.54, 1.807) is 31.4 Å². The molecule has 0 unspecified atom stereocenters. The maximum absolute atomic E-state index is 12.7. The van der Waals surface area contributed by atoms with Crippen LogP contribution in [0, 0.1) is 0 Å². The number of nitrogens with one attached hydrogen (secondary N) is 1. The summed E-state index contributed by atoms with van der Waals surface area (Å²) in [6.45, 7) is -0.209. The fraction of sp³-hybridized carbons (Fsp3) is 0.294. The molecule has 0 fully saturated rings. The summed E-state index contributed by atoms with van der Waals surface area (Å²) in [4.78, 5) is 23.4. The molecule has 0 atom stereocenters. The first-order chi connectivity index (χ1) is 12.3. The largest absolute Gasteiger partial charge is 0.497 e. The fourth-order valence-corrected chi connectivity index (χ4v) is 2.06. The number of aromatic nitrogens is 1. The number of carbonyl (C=O) groups is 1. The fourth-order valence-electron chi connectivity index (χ4n) is 2.06. The highest BCUT2D eigenvalue weighted by atomic mass is 19.4. The minimum absolute atomic E-state index is 0.137. The molecule has 0 saturated heterocycles. The molecule has 1 N–H and O–H groups in total. The van der Waals surface area contributed by atoms with Gasteiger partial charge in [-0.05, 0) is 30.3 Å². The molecular weight excluding hydrogens is 353 g/mol. The molecule has 0 aliphatic heterocycles. The maximum Gasteiger partial charge on any atom is 0.417 e. The Balaban J connectivity index is 1.82. The summed E-state index contributed by atoms with van der Waals surface area (Å²) in [5.41, 5.74) is -1.68. The minimum Gasteiger partial charge on any atom is -0.497 e. The molecule has 2 aromatic rings. The van der Waals surface area contributed by atoms with Crippen molar-refractivity contribution in [3.8, 4) is 11.5 Å². The van der Waals surface area contributed by atoms with Crippen LogP contribution in [0.25, 0.3) is 0 Å². The van der Waals surface area contributed by atoms with Gasteiger partial charge in [0.1, 0.15) is 24.7 Å². The van der Waals surface area contributed by atoms with E-state index in [1.165, 1.54) is 0 Å². The Kier molecular flexibility index (Phi) is 6.26. The molecule has 1 aromatic heterocycles. The third-order valence-corrected chi connectivity index (χ3v) is 3.38. The number of hydrogen-bond acceptors (Lipinski definition) is 4. The van der Waals surface area contributed by atoms with E-state index in [0.29, 0.717) is 28.3 Å². The van der Waals surface area contributed by atoms with Gasteiger partial charge in [-0.1, -0.05) is 0 Å². The van der Waals surface area contributed by atoms with Crippen molar-refractivity contribution < 1.29 is 27.4 Å². The average Bonchev–Trinajstić information content (AvgIpc) is 2.60. The Morgan fingerprint density at radius 1 is 1.12 bits per heavy atom. The topological polar surface area (TPSA) is 69.6 Å². The molecule has 0 bridgehead atoms. The zero-order chi connectivity index (χ0) is 19.2. The Morgan fingerprint density at radius 2 is 1.77 bits per heavy atom. The summed E-state index contributed by atoms with van der Waals surface area (Å²) >= 11 is 0. The van der Waals surface area contributed by atoms with Crippen molar-refractivity contribution in [3.05, 3.63) is 58.5 Å². The summed E-state index contributed by atoms with van der Waals surface area (Å²) in [7, 11) is 1.54. The van der Waals surface area contributed by atoms with Crippen LogP contribution in [-0.2, 0) is 17.5 Å². The molecule has 0 aliphatic carbocycles. The Hall–Kier alpha value is -2.97. The summed E-state index contributed by atoms with van der Waals surface area (Å²) in [5.74, 6) is 0.663. The first kappa shape index (κ1) is 19.4. The van der Waals surface area contributed by atoms with Crippen molar-refractivity contribution in [1.82, 2.24) is 9.88 Å². The zero-order valence-corrected chi connectivity index (χ0v) is 13.9. The molecule has 1 amide bonds. The van der Waals surface area contributed by atoms with Gasteiger partial charge in [0.15, 0.2) is 0 Å². The van der Waals surface area contributed by atoms with E-state index < -0.39 is 29.8 Å². The van der Waals surface area contributed by atoms with Gasteiger partial charge in [0.25, 0.3) is 5.56 Å². The van der Waals surface area contributed by atoms with Gasteiger partial charge in [-0.2, -0.15) is 13.2 Å². The second-order valence-electron chi connectivity index (χ2n) is 5.26. The SMILES string of the molecule is COc1ccc(OCCNC(=O)Cn2cc(C(F)(F)F)ccc2=O)cc1. The van der Waals surface area contributed by atoms with E-state index in [-0.39, 0.29) is 13.2 Å². The molecule has 0 saturated carbocycles. The van der Waals surface area contributed by atoms with Crippen LogP contribution in [-0.4, -0.2) is 30.7 Å². The Morgan fingerprint density at radius 3 is 2.38 bits per heavy atom. The van der Waals surface area contributed by atoms with Gasteiger partial charge in [0.05, 0.1) is 19.2 Å². The molecule has 9 heteroatoms. The van der Waals surface area contributed by atoms with Crippen LogP contribution >= 0.6 is 0 Å². The van der Waals surface area contributed by atoms with Gasteiger partial charge in [0, 0.05) is 12.3 Å². The normalized spacial score (nSPS) is 11.1. The molecule has 0 radical (unpaired) electrons. The molecular formula is C17H17F3N2O4. The number of halogens is 3. The molecule has 140 valence electrons. The number of amides is 1. The molecule has 1 heterocycles. The van der Waals surface area contributed by atoms with Crippen LogP contribution in [0.2, 0.25) is 0 Å². The first-order valence-corrected chi connectivity index (χ1v) is 7.61. The van der Waals surface area contributed by atoms with Crippen molar-refractivity contribution >= 4 is 5.91 Å². The number of alkyl halides is 3. The van der Waals surface area contributed by atoms with Crippen molar-refractivity contribution in [2.75, 3.05) is 20.3 Å². The van der Waals surface area contributed by atoms with Crippen molar-refractivity contribution in [2.45, 2.75) is 12.7 Å². The number of methoxy groups -OCH3 is 1. The number of rotatable bonds is 7. The molecule has 2 rings (SSSR count). The van der Waals surface area contributed by atoms with Crippen molar-refractivity contribution in [1.29, 1.82) is 0 Å². The number of nitrogens with zero attached hydrogens (tertiary/aromatic N) is 1. The first-order valence-electron chi connectivity index (χ1n) is 7.61. The highest BCUT2D eigenvalue weighted by Gasteiger charge is 2.31. The predicted octanol–water partition coefficient (Wildman–Crippen LogP) is 2.07. The van der Waals surface area contributed by atoms with E-state index in [0.717, 1.165) is 6.07 Å². The van der Waals surface area contributed by atoms with E-state index in [2.05, 4.69) is 5.32 Å². The number of carbonyl (C=O) groups excluding carboxylic acids is 1. The lowest BCUT2D eigenvalue weighted by Gasteiger charge is -2.11. The van der Waals surface area contributed by atoms with Crippen LogP contribution in [0.5, 0.6) is 11.5 Å². The van der Waals surface area contributed by atoms with E-state index >= 15 is 0 Å². The molecule has 0 aliphatic rings. The highest BCUT2D eigenvalue weighted by molar-refractivity contribution is 5.75. The smallest absolute Gasteiger partial charge is 0.417 e. The van der Waals surface area contributed by atoms with Crippen LogP contribution in [0.3, 0.4) is 0 Å². The van der Waals surface area contributed by atoms with Gasteiger partial charge < -0.3 is 19.4 Å². The second-order valence-corrected chi connectivity index (χ2v) is 5.26. The Bertz CT molecular complexity index is 801. The summed E-state index contributed by atoms with van der Waals surface area (Å²) < 4.78 is 49.1. The quantitative estimate of drug-likeness (QED) is 0.758. The molecule has 1 aromatic carbocycles. The Labute approximate surface area is 147 Å². The van der Waals surface area contributed by atoms with E-state index in [1.807, 2.05) is 0 Å². The van der Waals surface area contributed by atoms with Gasteiger partial charge >= 0.3 is 6.18 Å². The van der Waals surface area contributed by atoms with Crippen LogP contribution in [0.4, 0.5) is 13.2 Å². The molecule has 6 nitrogen and oxygen atoms in total. The van der Waals surface area contributed by atoms with Gasteiger partial charge in [-0.25, -0.2) is 0 Å². The molecule has 0 spiro atoms. The summed E-state index contributed by atoms with van der Waals surface area (Å²) in [6.07, 6.45) is -3.96. The van der Waals surface area contributed by atoms with Crippen molar-refractivity contribution in [3.63, 3.8) is 0 Å². The average molecular weight is 370 g/mol. The van der Waals surface area contributed by atoms with Gasteiger partial charge in [-0.3, -0.25) is 9.59 Å². The predicted molar refractivity (Wildman–Crippen MR) is 87.2 cm³/mol. The van der Waals surface area contributed by atoms with Crippen LogP contribution in [0.1, 0.15) is 5.56 Å². The lowest BCUT2D eigenvalue weighted by Crippen LogP contribution is -2.34. The van der Waals surface area contributed by atoms with E-state index in [4.69, 9.17) is 9.47 Å². The summed E-state index contributed by atoms with van der Waals surface area (Å²) in [6, 6.07) is 8.29. The van der Waals surface area contributed by atoms with Gasteiger partial charge in [0.2, 0.25) is 5.91 Å². The third-order valence-electron chi connectivity index (χ3n) is 3.38. The standard InChI is InChI=1S/C17H17F3N2O4/c1-25-13-3-5-14(6-4-13)26-9-8-21-15(23)11-22-10-12(17(18,19)20)2-7-16(22)24/h2-7,10H,8-9,11H2,1H3,(H,21,23). The maximum atomic E-state index is 12.7. The zero-order valence-electron chi connectivity index (χ0n) is 13.9. The van der Waals surface area contributed by atoms with Crippen LogP contribution < -0.4 is 20.3 Å². The van der Waals surface area contributed by atoms with Crippen LogP contribution in [0.15, 0.2) is 47.4 Å². The van der Waals surface area contributed by atoms with Gasteiger partial charge in [-0.15, -0.1) is 0 Å². The number of pyridine rings is 1. The second kappa shape index (κ2) is 8.41. The number of hydrogen-bond donors (Lipinski definition) is 1. The number of benzene rings is 1. The highest BCUT2D eigenvalue weighted by Crippen LogP contribution is 2.27. The minimum atomic E-state index is -4.59. The van der Waals surface area contributed by atoms with E-state index in [9.17, 15) is 22.8 Å². The number of ether oxygens (including phenoxy) is 2. The lowest BCUT2D eigenvalue weighted by atomic mass is 10.3. The lowest BCUT2D eigenvalue weighted by molar-refractivity contribution is -0.138. The summed E-state index contributed by atoms with van der Waals surface area (Å²) in [5, 5.41) is 2.48. The monoisotopic (exact) mass is 370 g/mol. The molecule has 26 heavy (non-hydrogen) atoms. The van der Waals surface area contributed by atoms with Crippen molar-refractivity contribution in [2.24, 2.45) is 0 Å².